The maximum absolute atomic E-state index is 12.4. The number of fused-ring (bicyclic) bond motifs is 2. The minimum atomic E-state index is -0.267. The fourth-order valence-corrected chi connectivity index (χ4v) is 4.43. The molecule has 130 valence electrons. The van der Waals surface area contributed by atoms with Gasteiger partial charge < -0.3 is 5.32 Å². The van der Waals surface area contributed by atoms with Crippen molar-refractivity contribution in [1.29, 1.82) is 5.26 Å². The molecule has 0 bridgehead atoms. The molecule has 0 saturated heterocycles. The minimum absolute atomic E-state index is 0.0837. The predicted octanol–water partition coefficient (Wildman–Crippen LogP) is 2.24. The van der Waals surface area contributed by atoms with E-state index in [9.17, 15) is 14.9 Å². The van der Waals surface area contributed by atoms with Crippen molar-refractivity contribution in [2.45, 2.75) is 32.2 Å². The Bertz CT molecular complexity index is 1110. The Morgan fingerprint density at radius 2 is 2.19 bits per heavy atom. The summed E-state index contributed by atoms with van der Waals surface area (Å²) in [4.78, 5) is 25.8. The highest BCUT2D eigenvalue weighted by atomic mass is 32.1. The molecule has 4 rings (SSSR count). The molecule has 1 aliphatic rings. The van der Waals surface area contributed by atoms with Gasteiger partial charge in [-0.3, -0.25) is 9.59 Å². The maximum atomic E-state index is 12.4. The molecule has 3 aromatic rings. The lowest BCUT2D eigenvalue weighted by Gasteiger charge is -2.06. The zero-order valence-corrected chi connectivity index (χ0v) is 14.7. The second-order valence-electron chi connectivity index (χ2n) is 6.11. The molecular formula is C18H15N5O2S. The Labute approximate surface area is 152 Å². The zero-order chi connectivity index (χ0) is 18.1. The average Bonchev–Trinajstić information content (AvgIpc) is 3.22. The summed E-state index contributed by atoms with van der Waals surface area (Å²) in [6.07, 6.45) is 3.01. The molecule has 2 aromatic heterocycles. The summed E-state index contributed by atoms with van der Waals surface area (Å²) < 4.78 is 1.20. The average molecular weight is 365 g/mol. The number of anilines is 1. The molecule has 8 heteroatoms. The van der Waals surface area contributed by atoms with Gasteiger partial charge in [0.05, 0.1) is 17.5 Å². The van der Waals surface area contributed by atoms with E-state index in [4.69, 9.17) is 0 Å². The second kappa shape index (κ2) is 6.69. The molecule has 0 spiro atoms. The van der Waals surface area contributed by atoms with Crippen LogP contribution in [0.25, 0.3) is 10.9 Å². The number of nitriles is 1. The van der Waals surface area contributed by atoms with Gasteiger partial charge in [0.2, 0.25) is 5.91 Å². The largest absolute Gasteiger partial charge is 0.317 e. The Balaban J connectivity index is 1.48. The lowest BCUT2D eigenvalue weighted by molar-refractivity contribution is -0.116. The quantitative estimate of drug-likeness (QED) is 0.764. The van der Waals surface area contributed by atoms with E-state index in [2.05, 4.69) is 21.7 Å². The van der Waals surface area contributed by atoms with E-state index < -0.39 is 0 Å². The second-order valence-corrected chi connectivity index (χ2v) is 7.21. The Morgan fingerprint density at radius 3 is 3.04 bits per heavy atom. The van der Waals surface area contributed by atoms with Crippen molar-refractivity contribution in [3.63, 3.8) is 0 Å². The monoisotopic (exact) mass is 365 g/mol. The third-order valence-electron chi connectivity index (χ3n) is 4.47. The molecule has 0 atom stereocenters. The maximum Gasteiger partial charge on any atom is 0.277 e. The van der Waals surface area contributed by atoms with E-state index in [1.807, 2.05) is 0 Å². The first-order chi connectivity index (χ1) is 12.7. The molecule has 7 nitrogen and oxygen atoms in total. The first-order valence-electron chi connectivity index (χ1n) is 8.34. The number of hydrogen-bond donors (Lipinski definition) is 1. The molecule has 1 aromatic carbocycles. The summed E-state index contributed by atoms with van der Waals surface area (Å²) in [5.41, 5.74) is 1.92. The van der Waals surface area contributed by atoms with Crippen LogP contribution in [0.5, 0.6) is 0 Å². The van der Waals surface area contributed by atoms with Gasteiger partial charge in [-0.1, -0.05) is 17.3 Å². The van der Waals surface area contributed by atoms with Crippen molar-refractivity contribution in [1.82, 2.24) is 15.0 Å². The first-order valence-corrected chi connectivity index (χ1v) is 9.16. The molecule has 1 amide bonds. The van der Waals surface area contributed by atoms with Crippen molar-refractivity contribution in [2.24, 2.45) is 0 Å². The number of aromatic nitrogens is 3. The number of hydrogen-bond acceptors (Lipinski definition) is 6. The van der Waals surface area contributed by atoms with Crippen molar-refractivity contribution in [3.05, 3.63) is 50.6 Å². The molecule has 0 saturated carbocycles. The third kappa shape index (κ3) is 2.86. The molecule has 1 aliphatic carbocycles. The summed E-state index contributed by atoms with van der Waals surface area (Å²) in [5, 5.41) is 21.2. The molecule has 2 heterocycles. The van der Waals surface area contributed by atoms with E-state index in [1.54, 1.807) is 24.3 Å². The van der Waals surface area contributed by atoms with Crippen LogP contribution in [0.4, 0.5) is 5.00 Å². The number of nitrogens with one attached hydrogen (secondary N) is 1. The zero-order valence-electron chi connectivity index (χ0n) is 13.9. The van der Waals surface area contributed by atoms with Crippen LogP contribution in [0.2, 0.25) is 0 Å². The summed E-state index contributed by atoms with van der Waals surface area (Å²) in [6, 6.07) is 9.17. The summed E-state index contributed by atoms with van der Waals surface area (Å²) in [6.45, 7) is 0.134. The number of carbonyl (C=O) groups excluding carboxylic acids is 1. The molecule has 0 aliphatic heterocycles. The first kappa shape index (κ1) is 16.4. The molecule has 26 heavy (non-hydrogen) atoms. The van der Waals surface area contributed by atoms with Gasteiger partial charge in [-0.05, 0) is 37.0 Å². The molecular weight excluding hydrogens is 350 g/mol. The van der Waals surface area contributed by atoms with Gasteiger partial charge in [0.25, 0.3) is 5.56 Å². The number of amides is 1. The van der Waals surface area contributed by atoms with Gasteiger partial charge in [0.15, 0.2) is 0 Å². The lowest BCUT2D eigenvalue weighted by Crippen LogP contribution is -2.26. The van der Waals surface area contributed by atoms with Crippen LogP contribution >= 0.6 is 11.3 Å². The van der Waals surface area contributed by atoms with E-state index in [1.165, 1.54) is 20.9 Å². The topological polar surface area (TPSA) is 101 Å². The predicted molar refractivity (Wildman–Crippen MR) is 98.1 cm³/mol. The normalized spacial score (nSPS) is 12.7. The third-order valence-corrected chi connectivity index (χ3v) is 5.67. The Hall–Kier alpha value is -3.05. The summed E-state index contributed by atoms with van der Waals surface area (Å²) >= 11 is 1.48. The van der Waals surface area contributed by atoms with Gasteiger partial charge in [-0.25, -0.2) is 4.68 Å². The Morgan fingerprint density at radius 1 is 1.35 bits per heavy atom. The van der Waals surface area contributed by atoms with E-state index in [0.717, 1.165) is 24.8 Å². The van der Waals surface area contributed by atoms with Gasteiger partial charge in [-0.15, -0.1) is 16.4 Å². The fourth-order valence-electron chi connectivity index (χ4n) is 3.18. The molecule has 1 N–H and O–H groups in total. The van der Waals surface area contributed by atoms with Crippen LogP contribution < -0.4 is 10.9 Å². The van der Waals surface area contributed by atoms with Crippen molar-refractivity contribution in [3.8, 4) is 6.07 Å². The highest BCUT2D eigenvalue weighted by Crippen LogP contribution is 2.38. The number of carbonyl (C=O) groups is 1. The van der Waals surface area contributed by atoms with Crippen LogP contribution in [0.15, 0.2) is 29.1 Å². The van der Waals surface area contributed by atoms with E-state index >= 15 is 0 Å². The van der Waals surface area contributed by atoms with Crippen LogP contribution in [0, 0.1) is 11.3 Å². The van der Waals surface area contributed by atoms with Gasteiger partial charge >= 0.3 is 0 Å². The molecule has 0 unspecified atom stereocenters. The number of aryl methyl sites for hydroxylation is 2. The molecule has 0 fully saturated rings. The fraction of sp³-hybridized carbons (Fsp3) is 0.278. The smallest absolute Gasteiger partial charge is 0.277 e. The van der Waals surface area contributed by atoms with Crippen molar-refractivity contribution < 1.29 is 4.79 Å². The SMILES string of the molecule is N#Cc1c(NC(=O)CCn2nnc3ccccc3c2=O)sc2c1CCC2. The number of benzene rings is 1. The number of thiophene rings is 1. The van der Waals surface area contributed by atoms with Gasteiger partial charge in [-0.2, -0.15) is 5.26 Å². The lowest BCUT2D eigenvalue weighted by atomic mass is 10.1. The van der Waals surface area contributed by atoms with Crippen LogP contribution in [-0.2, 0) is 24.2 Å². The summed E-state index contributed by atoms with van der Waals surface area (Å²) in [5.74, 6) is -0.247. The minimum Gasteiger partial charge on any atom is -0.317 e. The molecule has 0 radical (unpaired) electrons. The van der Waals surface area contributed by atoms with Crippen molar-refractivity contribution in [2.75, 3.05) is 5.32 Å². The van der Waals surface area contributed by atoms with Crippen LogP contribution in [-0.4, -0.2) is 20.9 Å². The van der Waals surface area contributed by atoms with Crippen molar-refractivity contribution >= 4 is 33.1 Å². The van der Waals surface area contributed by atoms with E-state index in [0.29, 0.717) is 21.5 Å². The number of rotatable bonds is 4. The van der Waals surface area contributed by atoms with Gasteiger partial charge in [0, 0.05) is 11.3 Å². The summed E-state index contributed by atoms with van der Waals surface area (Å²) in [7, 11) is 0. The highest BCUT2D eigenvalue weighted by molar-refractivity contribution is 7.16. The van der Waals surface area contributed by atoms with Gasteiger partial charge in [0.1, 0.15) is 16.6 Å². The van der Waals surface area contributed by atoms with E-state index in [-0.39, 0.29) is 24.4 Å². The standard InChI is InChI=1S/C18H15N5O2S/c19-10-13-11-5-3-7-15(11)26-17(13)20-16(24)8-9-23-18(25)12-4-1-2-6-14(12)21-22-23/h1-2,4,6H,3,5,7-9H2,(H,20,24). The Kier molecular flexibility index (Phi) is 4.22. The van der Waals surface area contributed by atoms with Crippen LogP contribution in [0.1, 0.15) is 28.8 Å². The van der Waals surface area contributed by atoms with Crippen LogP contribution in [0.3, 0.4) is 0 Å². The number of nitrogens with zero attached hydrogens (tertiary/aromatic N) is 4. The highest BCUT2D eigenvalue weighted by Gasteiger charge is 2.23.